The number of rotatable bonds is 3. The fraction of sp³-hybridized carbons (Fsp3) is 0.350. The van der Waals surface area contributed by atoms with Gasteiger partial charge in [-0.1, -0.05) is 30.0 Å². The first-order valence-electron chi connectivity index (χ1n) is 8.84. The predicted molar refractivity (Wildman–Crippen MR) is 112 cm³/mol. The first kappa shape index (κ1) is 18.3. The Balaban J connectivity index is 1.79. The molecule has 1 aliphatic heterocycles. The number of carbonyl (C=O) groups is 1. The zero-order valence-corrected chi connectivity index (χ0v) is 17.4. The zero-order valence-electron chi connectivity index (χ0n) is 15.8. The van der Waals surface area contributed by atoms with Crippen molar-refractivity contribution in [2.45, 2.75) is 30.7 Å². The van der Waals surface area contributed by atoms with Gasteiger partial charge in [0.25, 0.3) is 5.56 Å². The van der Waals surface area contributed by atoms with Crippen LogP contribution in [0.5, 0.6) is 0 Å². The van der Waals surface area contributed by atoms with Crippen LogP contribution < -0.4 is 5.56 Å². The van der Waals surface area contributed by atoms with Gasteiger partial charge in [0.15, 0.2) is 5.16 Å². The highest BCUT2D eigenvalue weighted by atomic mass is 32.2. The van der Waals surface area contributed by atoms with Crippen molar-refractivity contribution in [3.63, 3.8) is 0 Å². The highest BCUT2D eigenvalue weighted by Crippen LogP contribution is 2.34. The average molecular weight is 400 g/mol. The quantitative estimate of drug-likeness (QED) is 0.632. The summed E-state index contributed by atoms with van der Waals surface area (Å²) in [5.41, 5.74) is 4.34. The van der Waals surface area contributed by atoms with E-state index in [0.717, 1.165) is 28.9 Å². The average Bonchev–Trinajstić information content (AvgIpc) is 3.20. The maximum Gasteiger partial charge on any atom is 0.263 e. The van der Waals surface area contributed by atoms with Crippen LogP contribution in [-0.2, 0) is 11.8 Å². The molecule has 2 aromatic heterocycles. The van der Waals surface area contributed by atoms with E-state index in [-0.39, 0.29) is 16.7 Å². The van der Waals surface area contributed by atoms with Gasteiger partial charge < -0.3 is 4.90 Å². The second kappa shape index (κ2) is 6.80. The number of fused-ring (bicyclic) bond motifs is 1. The van der Waals surface area contributed by atoms with Crippen LogP contribution in [0.15, 0.2) is 33.5 Å². The molecule has 1 aromatic carbocycles. The molecular weight excluding hydrogens is 378 g/mol. The van der Waals surface area contributed by atoms with Gasteiger partial charge >= 0.3 is 0 Å². The number of nitrogens with zero attached hydrogens (tertiary/aromatic N) is 3. The maximum atomic E-state index is 13.1. The molecule has 7 heteroatoms. The lowest BCUT2D eigenvalue weighted by Gasteiger charge is -2.12. The number of hydrogen-bond donors (Lipinski definition) is 0. The Morgan fingerprint density at radius 1 is 1.19 bits per heavy atom. The second-order valence-electron chi connectivity index (χ2n) is 7.04. The van der Waals surface area contributed by atoms with E-state index in [4.69, 9.17) is 4.98 Å². The van der Waals surface area contributed by atoms with Crippen LogP contribution in [0.2, 0.25) is 0 Å². The predicted octanol–water partition coefficient (Wildman–Crippen LogP) is 3.60. The molecule has 0 saturated carbocycles. The minimum Gasteiger partial charge on any atom is -0.345 e. The third kappa shape index (κ3) is 3.08. The first-order chi connectivity index (χ1) is 12.9. The summed E-state index contributed by atoms with van der Waals surface area (Å²) in [6, 6.07) is 6.25. The van der Waals surface area contributed by atoms with Crippen molar-refractivity contribution in [2.24, 2.45) is 7.05 Å². The number of thiophene rings is 1. The van der Waals surface area contributed by atoms with Gasteiger partial charge in [-0.3, -0.25) is 14.2 Å². The monoisotopic (exact) mass is 399 g/mol. The molecule has 1 saturated heterocycles. The van der Waals surface area contributed by atoms with Gasteiger partial charge in [0.2, 0.25) is 5.91 Å². The van der Waals surface area contributed by atoms with E-state index in [2.05, 4.69) is 32.0 Å². The first-order valence-corrected chi connectivity index (χ1v) is 10.6. The fourth-order valence-electron chi connectivity index (χ4n) is 3.31. The lowest BCUT2D eigenvalue weighted by Crippen LogP contribution is -2.25. The van der Waals surface area contributed by atoms with Gasteiger partial charge in [-0.25, -0.2) is 4.98 Å². The van der Waals surface area contributed by atoms with Crippen LogP contribution in [0, 0.1) is 13.8 Å². The molecule has 1 aliphatic rings. The van der Waals surface area contributed by atoms with Crippen molar-refractivity contribution in [1.29, 1.82) is 0 Å². The summed E-state index contributed by atoms with van der Waals surface area (Å²) in [7, 11) is 3.55. The molecule has 3 heterocycles. The number of aromatic nitrogens is 2. The highest BCUT2D eigenvalue weighted by Gasteiger charge is 2.31. The molecule has 1 atom stereocenters. The van der Waals surface area contributed by atoms with Crippen molar-refractivity contribution in [3.05, 3.63) is 45.1 Å². The molecule has 1 fully saturated rings. The summed E-state index contributed by atoms with van der Waals surface area (Å²) in [5.74, 6) is 0.108. The molecule has 0 radical (unpaired) electrons. The van der Waals surface area contributed by atoms with Crippen molar-refractivity contribution >= 4 is 39.2 Å². The van der Waals surface area contributed by atoms with Crippen LogP contribution in [0.3, 0.4) is 0 Å². The van der Waals surface area contributed by atoms with E-state index >= 15 is 0 Å². The number of benzene rings is 1. The summed E-state index contributed by atoms with van der Waals surface area (Å²) in [4.78, 5) is 32.5. The normalized spacial score (nSPS) is 17.3. The Labute approximate surface area is 166 Å². The standard InChI is InChI=1S/C20H21N3O2S2/c1-11-5-6-13(9-12(11)2)14-10-26-17-16(14)19(25)23(4)20(21-17)27-15-7-8-22(3)18(15)24/h5-6,9-10,15H,7-8H2,1-4H3. The Kier molecular flexibility index (Phi) is 4.60. The number of thioether (sulfide) groups is 1. The van der Waals surface area contributed by atoms with Gasteiger partial charge in [0, 0.05) is 31.6 Å². The Morgan fingerprint density at radius 2 is 1.96 bits per heavy atom. The molecule has 0 N–H and O–H groups in total. The van der Waals surface area contributed by atoms with Gasteiger partial charge in [-0.15, -0.1) is 11.3 Å². The number of hydrogen-bond acceptors (Lipinski definition) is 5. The number of likely N-dealkylation sites (tertiary alicyclic amines) is 1. The minimum absolute atomic E-state index is 0.0595. The van der Waals surface area contributed by atoms with Gasteiger partial charge in [-0.2, -0.15) is 0 Å². The van der Waals surface area contributed by atoms with Crippen LogP contribution in [0.4, 0.5) is 0 Å². The van der Waals surface area contributed by atoms with E-state index in [0.29, 0.717) is 10.5 Å². The van der Waals surface area contributed by atoms with E-state index < -0.39 is 0 Å². The molecule has 0 bridgehead atoms. The van der Waals surface area contributed by atoms with Crippen molar-refractivity contribution in [2.75, 3.05) is 13.6 Å². The third-order valence-electron chi connectivity index (χ3n) is 5.22. The summed E-state index contributed by atoms with van der Waals surface area (Å²) in [5, 5.41) is 3.11. The molecule has 4 rings (SSSR count). The van der Waals surface area contributed by atoms with E-state index in [1.807, 2.05) is 12.4 Å². The van der Waals surface area contributed by atoms with Gasteiger partial charge in [0.1, 0.15) is 4.83 Å². The third-order valence-corrected chi connectivity index (χ3v) is 7.39. The molecular formula is C20H21N3O2S2. The van der Waals surface area contributed by atoms with Crippen molar-refractivity contribution in [3.8, 4) is 11.1 Å². The lowest BCUT2D eigenvalue weighted by molar-refractivity contribution is -0.126. The molecule has 0 spiro atoms. The van der Waals surface area contributed by atoms with E-state index in [1.165, 1.54) is 34.2 Å². The zero-order chi connectivity index (χ0) is 19.3. The number of amides is 1. The molecule has 0 aliphatic carbocycles. The molecule has 1 unspecified atom stereocenters. The number of carbonyl (C=O) groups excluding carboxylic acids is 1. The van der Waals surface area contributed by atoms with Crippen LogP contribution >= 0.6 is 23.1 Å². The smallest absolute Gasteiger partial charge is 0.263 e. The largest absolute Gasteiger partial charge is 0.345 e. The molecule has 140 valence electrons. The second-order valence-corrected chi connectivity index (χ2v) is 9.07. The summed E-state index contributed by atoms with van der Waals surface area (Å²) < 4.78 is 1.58. The fourth-order valence-corrected chi connectivity index (χ4v) is 5.45. The number of aryl methyl sites for hydroxylation is 2. The van der Waals surface area contributed by atoms with E-state index in [9.17, 15) is 9.59 Å². The molecule has 1 amide bonds. The van der Waals surface area contributed by atoms with Gasteiger partial charge in [-0.05, 0) is 37.0 Å². The maximum absolute atomic E-state index is 13.1. The summed E-state index contributed by atoms with van der Waals surface area (Å²) in [6.45, 7) is 4.91. The Morgan fingerprint density at radius 3 is 2.63 bits per heavy atom. The lowest BCUT2D eigenvalue weighted by atomic mass is 10.0. The SMILES string of the molecule is Cc1ccc(-c2csc3nc(SC4CCN(C)C4=O)n(C)c(=O)c23)cc1C. The van der Waals surface area contributed by atoms with E-state index in [1.54, 1.807) is 16.5 Å². The van der Waals surface area contributed by atoms with Gasteiger partial charge in [0.05, 0.1) is 10.6 Å². The molecule has 3 aromatic rings. The van der Waals surface area contributed by atoms with Crippen LogP contribution in [-0.4, -0.2) is 39.2 Å². The van der Waals surface area contributed by atoms with Crippen molar-refractivity contribution in [1.82, 2.24) is 14.5 Å². The topological polar surface area (TPSA) is 55.2 Å². The van der Waals surface area contributed by atoms with Crippen molar-refractivity contribution < 1.29 is 4.79 Å². The summed E-state index contributed by atoms with van der Waals surface area (Å²) in [6.07, 6.45) is 0.784. The minimum atomic E-state index is -0.162. The Bertz CT molecular complexity index is 1120. The van der Waals surface area contributed by atoms with Crippen LogP contribution in [0.25, 0.3) is 21.3 Å². The Hall–Kier alpha value is -2.12. The molecule has 5 nitrogen and oxygen atoms in total. The highest BCUT2D eigenvalue weighted by molar-refractivity contribution is 8.00. The molecule has 27 heavy (non-hydrogen) atoms. The van der Waals surface area contributed by atoms with Crippen LogP contribution in [0.1, 0.15) is 17.5 Å². The summed E-state index contributed by atoms with van der Waals surface area (Å²) >= 11 is 2.88.